The topological polar surface area (TPSA) is 71.3 Å². The molecule has 0 aliphatic rings. The van der Waals surface area contributed by atoms with Gasteiger partial charge in [0.2, 0.25) is 0 Å². The summed E-state index contributed by atoms with van der Waals surface area (Å²) < 4.78 is 23.9. The lowest BCUT2D eigenvalue weighted by Crippen LogP contribution is -2.23. The predicted octanol–water partition coefficient (Wildman–Crippen LogP) is 3.42. The molecule has 0 spiro atoms. The minimum Gasteiger partial charge on any atom is -0.494 e. The number of ether oxygens (including phenoxy) is 2. The molecule has 2 aromatic rings. The molecule has 124 valence electrons. The third-order valence-electron chi connectivity index (χ3n) is 3.36. The summed E-state index contributed by atoms with van der Waals surface area (Å²) in [5, 5.41) is 11.8. The standard InChI is InChI=1S/C18H17FN2O3/c1-3-24-18(22)17(13-6-9-16(23-2)15(19)10-13)21-14-7-4-12(11-20)5-8-14/h4-10,17,21H,3H2,1-2H3. The number of carbonyl (C=O) groups is 1. The molecule has 0 saturated heterocycles. The first kappa shape index (κ1) is 17.3. The van der Waals surface area contributed by atoms with Gasteiger partial charge in [0.25, 0.3) is 0 Å². The summed E-state index contributed by atoms with van der Waals surface area (Å²) in [6, 6.07) is 12.0. The Morgan fingerprint density at radius 2 is 2.00 bits per heavy atom. The smallest absolute Gasteiger partial charge is 0.333 e. The quantitative estimate of drug-likeness (QED) is 0.823. The average Bonchev–Trinajstić information content (AvgIpc) is 2.60. The molecule has 0 aromatic heterocycles. The molecule has 1 N–H and O–H groups in total. The second-order valence-corrected chi connectivity index (χ2v) is 4.91. The molecule has 0 amide bonds. The van der Waals surface area contributed by atoms with Gasteiger partial charge >= 0.3 is 5.97 Å². The van der Waals surface area contributed by atoms with E-state index < -0.39 is 17.8 Å². The van der Waals surface area contributed by atoms with Crippen molar-refractivity contribution in [2.45, 2.75) is 13.0 Å². The lowest BCUT2D eigenvalue weighted by atomic mass is 10.1. The van der Waals surface area contributed by atoms with Crippen molar-refractivity contribution in [1.29, 1.82) is 5.26 Å². The Labute approximate surface area is 139 Å². The van der Waals surface area contributed by atoms with Crippen molar-refractivity contribution in [2.24, 2.45) is 0 Å². The number of benzene rings is 2. The molecule has 0 heterocycles. The number of methoxy groups -OCH3 is 1. The summed E-state index contributed by atoms with van der Waals surface area (Å²) >= 11 is 0. The van der Waals surface area contributed by atoms with Gasteiger partial charge in [0.1, 0.15) is 0 Å². The summed E-state index contributed by atoms with van der Waals surface area (Å²) in [5.41, 5.74) is 1.53. The van der Waals surface area contributed by atoms with Gasteiger partial charge in [0.05, 0.1) is 25.3 Å². The molecule has 24 heavy (non-hydrogen) atoms. The maximum absolute atomic E-state index is 14.0. The Morgan fingerprint density at radius 1 is 1.29 bits per heavy atom. The predicted molar refractivity (Wildman–Crippen MR) is 87.1 cm³/mol. The van der Waals surface area contributed by atoms with Crippen LogP contribution in [0.5, 0.6) is 5.75 Å². The largest absolute Gasteiger partial charge is 0.494 e. The van der Waals surface area contributed by atoms with Crippen molar-refractivity contribution in [3.63, 3.8) is 0 Å². The SMILES string of the molecule is CCOC(=O)C(Nc1ccc(C#N)cc1)c1ccc(OC)c(F)c1. The van der Waals surface area contributed by atoms with Gasteiger partial charge < -0.3 is 14.8 Å². The fourth-order valence-electron chi connectivity index (χ4n) is 2.17. The van der Waals surface area contributed by atoms with Gasteiger partial charge in [-0.2, -0.15) is 5.26 Å². The van der Waals surface area contributed by atoms with E-state index in [4.69, 9.17) is 14.7 Å². The minimum atomic E-state index is -0.877. The molecule has 0 aliphatic heterocycles. The van der Waals surface area contributed by atoms with E-state index in [2.05, 4.69) is 5.32 Å². The van der Waals surface area contributed by atoms with Gasteiger partial charge in [-0.15, -0.1) is 0 Å². The number of nitrogens with one attached hydrogen (secondary N) is 1. The van der Waals surface area contributed by atoms with E-state index in [1.165, 1.54) is 19.2 Å². The molecule has 2 rings (SSSR count). The van der Waals surface area contributed by atoms with Gasteiger partial charge in [0, 0.05) is 5.69 Å². The van der Waals surface area contributed by atoms with Crippen LogP contribution < -0.4 is 10.1 Å². The summed E-state index contributed by atoms with van der Waals surface area (Å²) in [5.74, 6) is -0.989. The van der Waals surface area contributed by atoms with Crippen molar-refractivity contribution in [3.05, 3.63) is 59.4 Å². The van der Waals surface area contributed by atoms with Crippen LogP contribution in [0.15, 0.2) is 42.5 Å². The molecule has 0 fully saturated rings. The number of nitriles is 1. The van der Waals surface area contributed by atoms with Crippen molar-refractivity contribution < 1.29 is 18.7 Å². The highest BCUT2D eigenvalue weighted by Gasteiger charge is 2.23. The molecular weight excluding hydrogens is 311 g/mol. The van der Waals surface area contributed by atoms with Crippen molar-refractivity contribution in [3.8, 4) is 11.8 Å². The van der Waals surface area contributed by atoms with Crippen molar-refractivity contribution in [1.82, 2.24) is 0 Å². The minimum absolute atomic E-state index is 0.0970. The normalized spacial score (nSPS) is 11.2. The molecule has 0 radical (unpaired) electrons. The highest BCUT2D eigenvalue weighted by molar-refractivity contribution is 5.81. The first-order valence-corrected chi connectivity index (χ1v) is 7.35. The number of halogens is 1. The fraction of sp³-hybridized carbons (Fsp3) is 0.222. The van der Waals surface area contributed by atoms with E-state index in [9.17, 15) is 9.18 Å². The third-order valence-corrected chi connectivity index (χ3v) is 3.36. The Balaban J connectivity index is 2.32. The van der Waals surface area contributed by atoms with E-state index in [0.717, 1.165) is 0 Å². The number of hydrogen-bond acceptors (Lipinski definition) is 5. The first-order chi connectivity index (χ1) is 11.6. The van der Waals surface area contributed by atoms with Gasteiger partial charge in [0.15, 0.2) is 17.6 Å². The number of anilines is 1. The summed E-state index contributed by atoms with van der Waals surface area (Å²) in [4.78, 5) is 12.2. The van der Waals surface area contributed by atoms with Crippen LogP contribution in [0.4, 0.5) is 10.1 Å². The van der Waals surface area contributed by atoms with E-state index in [0.29, 0.717) is 16.8 Å². The lowest BCUT2D eigenvalue weighted by molar-refractivity contribution is -0.144. The number of hydrogen-bond donors (Lipinski definition) is 1. The van der Waals surface area contributed by atoms with Crippen LogP contribution in [-0.2, 0) is 9.53 Å². The second kappa shape index (κ2) is 7.97. The highest BCUT2D eigenvalue weighted by atomic mass is 19.1. The van der Waals surface area contributed by atoms with Crippen LogP contribution in [0.2, 0.25) is 0 Å². The maximum atomic E-state index is 14.0. The summed E-state index contributed by atoms with van der Waals surface area (Å²) in [6.07, 6.45) is 0. The van der Waals surface area contributed by atoms with Crippen LogP contribution >= 0.6 is 0 Å². The van der Waals surface area contributed by atoms with Crippen LogP contribution in [0.25, 0.3) is 0 Å². The van der Waals surface area contributed by atoms with E-state index >= 15 is 0 Å². The monoisotopic (exact) mass is 328 g/mol. The fourth-order valence-corrected chi connectivity index (χ4v) is 2.17. The number of nitrogens with zero attached hydrogens (tertiary/aromatic N) is 1. The zero-order valence-corrected chi connectivity index (χ0v) is 13.4. The lowest BCUT2D eigenvalue weighted by Gasteiger charge is -2.19. The molecular formula is C18H17FN2O3. The van der Waals surface area contributed by atoms with Crippen LogP contribution in [-0.4, -0.2) is 19.7 Å². The second-order valence-electron chi connectivity index (χ2n) is 4.91. The van der Waals surface area contributed by atoms with Gasteiger partial charge in [-0.1, -0.05) is 6.07 Å². The van der Waals surface area contributed by atoms with E-state index in [-0.39, 0.29) is 12.4 Å². The Kier molecular flexibility index (Phi) is 5.74. The van der Waals surface area contributed by atoms with Crippen molar-refractivity contribution in [2.75, 3.05) is 19.0 Å². The Morgan fingerprint density at radius 3 is 2.54 bits per heavy atom. The van der Waals surface area contributed by atoms with Crippen LogP contribution in [0.3, 0.4) is 0 Å². The van der Waals surface area contributed by atoms with E-state index in [1.807, 2.05) is 6.07 Å². The number of carbonyl (C=O) groups excluding carboxylic acids is 1. The zero-order valence-electron chi connectivity index (χ0n) is 13.4. The zero-order chi connectivity index (χ0) is 17.5. The number of esters is 1. The van der Waals surface area contributed by atoms with Crippen molar-refractivity contribution >= 4 is 11.7 Å². The van der Waals surface area contributed by atoms with Gasteiger partial charge in [-0.25, -0.2) is 9.18 Å². The van der Waals surface area contributed by atoms with Crippen LogP contribution in [0, 0.1) is 17.1 Å². The Hall–Kier alpha value is -3.07. The molecule has 6 heteroatoms. The molecule has 0 saturated carbocycles. The van der Waals surface area contributed by atoms with Gasteiger partial charge in [-0.3, -0.25) is 0 Å². The van der Waals surface area contributed by atoms with Gasteiger partial charge in [-0.05, 0) is 48.9 Å². The van der Waals surface area contributed by atoms with E-state index in [1.54, 1.807) is 37.3 Å². The summed E-state index contributed by atoms with van der Waals surface area (Å²) in [6.45, 7) is 1.91. The molecule has 0 bridgehead atoms. The Bertz CT molecular complexity index is 754. The summed E-state index contributed by atoms with van der Waals surface area (Å²) in [7, 11) is 1.37. The molecule has 0 aliphatic carbocycles. The highest BCUT2D eigenvalue weighted by Crippen LogP contribution is 2.26. The first-order valence-electron chi connectivity index (χ1n) is 7.35. The molecule has 1 atom stereocenters. The molecule has 1 unspecified atom stereocenters. The van der Waals surface area contributed by atoms with Crippen LogP contribution in [0.1, 0.15) is 24.1 Å². The maximum Gasteiger partial charge on any atom is 0.333 e. The average molecular weight is 328 g/mol. The third kappa shape index (κ3) is 4.02. The molecule has 5 nitrogen and oxygen atoms in total. The number of rotatable bonds is 6. The molecule has 2 aromatic carbocycles.